The van der Waals surface area contributed by atoms with Gasteiger partial charge in [0.25, 0.3) is 0 Å². The quantitative estimate of drug-likeness (QED) is 0.154. The number of allylic oxidation sites excluding steroid dienone is 2. The molecule has 0 nitrogen and oxygen atoms in total. The van der Waals surface area contributed by atoms with Crippen LogP contribution in [0.25, 0.3) is 64.0 Å². The molecule has 234 valence electrons. The van der Waals surface area contributed by atoms with Crippen LogP contribution in [0.2, 0.25) is 13.1 Å². The molecule has 49 heavy (non-hydrogen) atoms. The molecule has 0 bridgehead atoms. The Morgan fingerprint density at radius 3 is 1.02 bits per heavy atom. The van der Waals surface area contributed by atoms with Gasteiger partial charge in [-0.25, -0.2) is 0 Å². The van der Waals surface area contributed by atoms with Crippen LogP contribution in [0.3, 0.4) is 0 Å². The molecule has 3 heterocycles. The number of thiophene rings is 2. The van der Waals surface area contributed by atoms with Gasteiger partial charge in [-0.15, -0.1) is 22.7 Å². The number of fused-ring (bicyclic) bond motifs is 2. The first kappa shape index (κ1) is 30.0. The standard InChI is InChI=1S/C46H34S2Si/c1-49(2)45(43-39(31-19-7-3-8-20-31)35-27-15-17-29-37(35)47-43)41(33-23-11-5-12-24-33)42(34-25-13-6-14-26-34)46(49)44-40(32-21-9-4-10-22-32)36-28-16-18-30-38(36)48-44/h3-30H,1-2H3. The highest BCUT2D eigenvalue weighted by molar-refractivity contribution is 7.28. The first-order chi connectivity index (χ1) is 24.1. The van der Waals surface area contributed by atoms with Crippen molar-refractivity contribution in [1.29, 1.82) is 0 Å². The van der Waals surface area contributed by atoms with E-state index in [0.29, 0.717) is 0 Å². The van der Waals surface area contributed by atoms with Crippen LogP contribution in [0.5, 0.6) is 0 Å². The second-order valence-electron chi connectivity index (χ2n) is 13.2. The van der Waals surface area contributed by atoms with Crippen molar-refractivity contribution < 1.29 is 0 Å². The molecular weight excluding hydrogens is 645 g/mol. The molecule has 0 spiro atoms. The lowest BCUT2D eigenvalue weighted by Crippen LogP contribution is -2.28. The van der Waals surface area contributed by atoms with Crippen LogP contribution in [0.4, 0.5) is 0 Å². The van der Waals surface area contributed by atoms with Crippen LogP contribution in [-0.4, -0.2) is 8.07 Å². The normalized spacial score (nSPS) is 14.3. The maximum absolute atomic E-state index is 2.61. The van der Waals surface area contributed by atoms with Gasteiger partial charge in [-0.1, -0.05) is 171 Å². The van der Waals surface area contributed by atoms with E-state index in [4.69, 9.17) is 0 Å². The van der Waals surface area contributed by atoms with Crippen LogP contribution in [0.15, 0.2) is 170 Å². The molecule has 2 aromatic heterocycles. The molecule has 0 atom stereocenters. The van der Waals surface area contributed by atoms with Gasteiger partial charge in [0.1, 0.15) is 8.07 Å². The summed E-state index contributed by atoms with van der Waals surface area (Å²) >= 11 is 3.94. The Kier molecular flexibility index (Phi) is 7.43. The summed E-state index contributed by atoms with van der Waals surface area (Å²) in [7, 11) is -2.45. The van der Waals surface area contributed by atoms with Crippen molar-refractivity contribution in [2.45, 2.75) is 13.1 Å². The van der Waals surface area contributed by atoms with Crippen molar-refractivity contribution in [3.05, 3.63) is 191 Å². The van der Waals surface area contributed by atoms with Gasteiger partial charge in [0.05, 0.1) is 0 Å². The number of hydrogen-bond donors (Lipinski definition) is 0. The molecule has 1 aliphatic rings. The smallest absolute Gasteiger partial charge is 0.117 e. The van der Waals surface area contributed by atoms with Crippen LogP contribution >= 0.6 is 22.7 Å². The Morgan fingerprint density at radius 2 is 0.653 bits per heavy atom. The minimum atomic E-state index is -2.45. The second-order valence-corrected chi connectivity index (χ2v) is 19.5. The second kappa shape index (κ2) is 12.1. The lowest BCUT2D eigenvalue weighted by atomic mass is 9.89. The molecule has 0 amide bonds. The van der Waals surface area contributed by atoms with E-state index in [1.54, 1.807) is 0 Å². The van der Waals surface area contributed by atoms with Crippen LogP contribution in [0, 0.1) is 0 Å². The van der Waals surface area contributed by atoms with Gasteiger partial charge in [-0.3, -0.25) is 0 Å². The molecule has 0 aliphatic carbocycles. The SMILES string of the molecule is C[Si]1(C)C(c2sc3ccccc3c2-c2ccccc2)=C(c2ccccc2)C(c2ccccc2)=C1c1sc2ccccc2c1-c1ccccc1. The van der Waals surface area contributed by atoms with Crippen molar-refractivity contribution >= 4 is 72.5 Å². The summed E-state index contributed by atoms with van der Waals surface area (Å²) in [5.74, 6) is 0. The number of hydrogen-bond acceptors (Lipinski definition) is 2. The van der Waals surface area contributed by atoms with E-state index in [2.05, 4.69) is 183 Å². The highest BCUT2D eigenvalue weighted by atomic mass is 32.1. The fraction of sp³-hybridized carbons (Fsp3) is 0.0435. The van der Waals surface area contributed by atoms with Crippen molar-refractivity contribution in [3.8, 4) is 22.3 Å². The third-order valence-electron chi connectivity index (χ3n) is 9.89. The lowest BCUT2D eigenvalue weighted by molar-refractivity contribution is 1.59. The fourth-order valence-electron chi connectivity index (χ4n) is 7.81. The monoisotopic (exact) mass is 678 g/mol. The predicted molar refractivity (Wildman–Crippen MR) is 219 cm³/mol. The van der Waals surface area contributed by atoms with E-state index in [0.717, 1.165) is 0 Å². The van der Waals surface area contributed by atoms with Crippen molar-refractivity contribution in [2.75, 3.05) is 0 Å². The molecule has 1 aliphatic heterocycles. The summed E-state index contributed by atoms with van der Waals surface area (Å²) in [4.78, 5) is 2.82. The predicted octanol–water partition coefficient (Wildman–Crippen LogP) is 13.8. The Balaban J connectivity index is 1.45. The Morgan fingerprint density at radius 1 is 0.347 bits per heavy atom. The van der Waals surface area contributed by atoms with Gasteiger partial charge < -0.3 is 0 Å². The number of rotatable bonds is 6. The van der Waals surface area contributed by atoms with Gasteiger partial charge in [0.2, 0.25) is 0 Å². The van der Waals surface area contributed by atoms with E-state index >= 15 is 0 Å². The first-order valence-corrected chi connectivity index (χ1v) is 21.5. The first-order valence-electron chi connectivity index (χ1n) is 16.9. The van der Waals surface area contributed by atoms with Crippen LogP contribution < -0.4 is 0 Å². The van der Waals surface area contributed by atoms with Crippen LogP contribution in [-0.2, 0) is 0 Å². The molecule has 0 saturated carbocycles. The van der Waals surface area contributed by atoms with E-state index in [9.17, 15) is 0 Å². The largest absolute Gasteiger partial charge is 0.135 e. The van der Waals surface area contributed by atoms with Gasteiger partial charge >= 0.3 is 0 Å². The van der Waals surface area contributed by atoms with Crippen molar-refractivity contribution in [3.63, 3.8) is 0 Å². The summed E-state index contributed by atoms with van der Waals surface area (Å²) in [5, 5.41) is 5.73. The maximum atomic E-state index is 2.61. The Bertz CT molecular complexity index is 2360. The van der Waals surface area contributed by atoms with Crippen molar-refractivity contribution in [1.82, 2.24) is 0 Å². The molecule has 6 aromatic carbocycles. The highest BCUT2D eigenvalue weighted by Gasteiger charge is 2.46. The maximum Gasteiger partial charge on any atom is 0.117 e. The number of benzene rings is 6. The van der Waals surface area contributed by atoms with Gasteiger partial charge in [-0.05, 0) is 55.9 Å². The molecule has 0 radical (unpaired) electrons. The highest BCUT2D eigenvalue weighted by Crippen LogP contribution is 2.61. The average molecular weight is 679 g/mol. The van der Waals surface area contributed by atoms with E-state index in [1.807, 2.05) is 22.7 Å². The summed E-state index contributed by atoms with van der Waals surface area (Å²) in [6, 6.07) is 62.5. The van der Waals surface area contributed by atoms with Gasteiger partial charge in [-0.2, -0.15) is 0 Å². The fourth-order valence-corrected chi connectivity index (χ4v) is 15.4. The summed E-state index contributed by atoms with van der Waals surface area (Å²) in [6.07, 6.45) is 0. The minimum absolute atomic E-state index is 1.28. The van der Waals surface area contributed by atoms with E-state index < -0.39 is 8.07 Å². The minimum Gasteiger partial charge on any atom is -0.135 e. The molecular formula is C46H34S2Si. The average Bonchev–Trinajstić information content (AvgIpc) is 3.80. The molecule has 0 fully saturated rings. The molecule has 0 N–H and O–H groups in total. The molecule has 8 aromatic rings. The zero-order valence-electron chi connectivity index (χ0n) is 27.5. The zero-order chi connectivity index (χ0) is 33.0. The zero-order valence-corrected chi connectivity index (χ0v) is 30.1. The lowest BCUT2D eigenvalue weighted by Gasteiger charge is -2.26. The van der Waals surface area contributed by atoms with E-state index in [1.165, 1.54) is 84.8 Å². The van der Waals surface area contributed by atoms with Gasteiger partial charge in [0, 0.05) is 41.1 Å². The molecule has 0 saturated heterocycles. The molecule has 3 heteroatoms. The molecule has 0 unspecified atom stereocenters. The van der Waals surface area contributed by atoms with E-state index in [-0.39, 0.29) is 0 Å². The van der Waals surface area contributed by atoms with Crippen molar-refractivity contribution in [2.24, 2.45) is 0 Å². The van der Waals surface area contributed by atoms with Gasteiger partial charge in [0.15, 0.2) is 0 Å². The molecule has 9 rings (SSSR count). The topological polar surface area (TPSA) is 0 Å². The summed E-state index contributed by atoms with van der Waals surface area (Å²) < 4.78 is 2.67. The summed E-state index contributed by atoms with van der Waals surface area (Å²) in [6.45, 7) is 5.21. The third-order valence-corrected chi connectivity index (χ3v) is 16.1. The third kappa shape index (κ3) is 4.92. The Hall–Kier alpha value is -5.06. The Labute approximate surface area is 297 Å². The van der Waals surface area contributed by atoms with Crippen LogP contribution in [0.1, 0.15) is 20.9 Å². The summed E-state index contributed by atoms with van der Waals surface area (Å²) in [5.41, 5.74) is 10.6.